The third-order valence-electron chi connectivity index (χ3n) is 4.19. The number of hydrogen-bond acceptors (Lipinski definition) is 3. The smallest absolute Gasteiger partial charge is 0.193 e. The number of nitrogens with zero attached hydrogens (tertiary/aromatic N) is 2. The van der Waals surface area contributed by atoms with Crippen LogP contribution in [0, 0.1) is 5.41 Å². The molecule has 0 aliphatic carbocycles. The molecule has 0 saturated carbocycles. The van der Waals surface area contributed by atoms with Gasteiger partial charge in [-0.25, -0.2) is 8.42 Å². The lowest BCUT2D eigenvalue weighted by Crippen LogP contribution is -2.57. The Morgan fingerprint density at radius 2 is 1.87 bits per heavy atom. The van der Waals surface area contributed by atoms with Crippen molar-refractivity contribution in [2.24, 2.45) is 10.4 Å². The van der Waals surface area contributed by atoms with E-state index in [1.54, 1.807) is 20.9 Å². The maximum absolute atomic E-state index is 12.1. The molecule has 0 unspecified atom stereocenters. The highest BCUT2D eigenvalue weighted by Gasteiger charge is 2.40. The number of aliphatic imine (C=N–C) groups is 1. The van der Waals surface area contributed by atoms with Crippen LogP contribution in [-0.4, -0.2) is 56.5 Å². The maximum atomic E-state index is 12.1. The Hall–Kier alpha value is -0.0500. The predicted octanol–water partition coefficient (Wildman–Crippen LogP) is 2.91. The van der Waals surface area contributed by atoms with Crippen molar-refractivity contribution >= 4 is 39.8 Å². The molecular weight excluding hydrogens is 425 g/mol. The lowest BCUT2D eigenvalue weighted by atomic mass is 9.90. The van der Waals surface area contributed by atoms with Crippen LogP contribution in [-0.2, 0) is 9.84 Å². The molecule has 7 heteroatoms. The second-order valence-corrected chi connectivity index (χ2v) is 10.7. The number of halogens is 1. The molecule has 1 saturated heterocycles. The van der Waals surface area contributed by atoms with Gasteiger partial charge in [-0.1, -0.05) is 27.2 Å². The Bertz CT molecular complexity index is 496. The minimum atomic E-state index is -3.01. The van der Waals surface area contributed by atoms with Gasteiger partial charge in [0.25, 0.3) is 0 Å². The van der Waals surface area contributed by atoms with Gasteiger partial charge >= 0.3 is 0 Å². The lowest BCUT2D eigenvalue weighted by molar-refractivity contribution is 0.347. The standard InChI is InChI=1S/C16H33N3O2S.HI/c1-15(2,3)9-7-8-10-18-14(17-6)19-11-12-22(20,21)16(4,5)13-19;/h7-13H2,1-6H3,(H,17,18);1H. The van der Waals surface area contributed by atoms with E-state index in [4.69, 9.17) is 0 Å². The van der Waals surface area contributed by atoms with Crippen molar-refractivity contribution in [2.75, 3.05) is 32.4 Å². The Kier molecular flexibility index (Phi) is 8.85. The van der Waals surface area contributed by atoms with Crippen LogP contribution in [0.15, 0.2) is 4.99 Å². The van der Waals surface area contributed by atoms with Crippen LogP contribution in [0.1, 0.15) is 53.9 Å². The number of sulfone groups is 1. The number of guanidine groups is 1. The van der Waals surface area contributed by atoms with Gasteiger partial charge in [-0.15, -0.1) is 24.0 Å². The van der Waals surface area contributed by atoms with Crippen molar-refractivity contribution < 1.29 is 8.42 Å². The van der Waals surface area contributed by atoms with Gasteiger partial charge in [0.05, 0.1) is 10.5 Å². The molecule has 0 amide bonds. The Morgan fingerprint density at radius 1 is 1.26 bits per heavy atom. The predicted molar refractivity (Wildman–Crippen MR) is 110 cm³/mol. The van der Waals surface area contributed by atoms with E-state index in [0.717, 1.165) is 18.9 Å². The molecule has 0 aromatic rings. The molecule has 1 aliphatic rings. The normalized spacial score (nSPS) is 20.8. The first-order chi connectivity index (χ1) is 9.98. The van der Waals surface area contributed by atoms with Crippen LogP contribution in [0.4, 0.5) is 0 Å². The molecule has 0 bridgehead atoms. The van der Waals surface area contributed by atoms with Crippen molar-refractivity contribution in [3.63, 3.8) is 0 Å². The molecule has 1 N–H and O–H groups in total. The highest BCUT2D eigenvalue weighted by Crippen LogP contribution is 2.24. The third kappa shape index (κ3) is 7.15. The summed E-state index contributed by atoms with van der Waals surface area (Å²) in [4.78, 5) is 6.37. The SMILES string of the molecule is CN=C(NCCCCC(C)(C)C)N1CCS(=O)(=O)C(C)(C)C1.I. The van der Waals surface area contributed by atoms with E-state index < -0.39 is 14.6 Å². The zero-order chi connectivity index (χ0) is 17.0. The van der Waals surface area contributed by atoms with Gasteiger partial charge in [0, 0.05) is 26.7 Å². The number of rotatable bonds is 4. The topological polar surface area (TPSA) is 61.8 Å². The van der Waals surface area contributed by atoms with E-state index in [-0.39, 0.29) is 29.7 Å². The van der Waals surface area contributed by atoms with E-state index in [9.17, 15) is 8.42 Å². The fraction of sp³-hybridized carbons (Fsp3) is 0.938. The summed E-state index contributed by atoms with van der Waals surface area (Å²) in [5.41, 5.74) is 0.382. The summed E-state index contributed by atoms with van der Waals surface area (Å²) in [6, 6.07) is 0. The molecule has 1 aliphatic heterocycles. The van der Waals surface area contributed by atoms with E-state index in [0.29, 0.717) is 18.5 Å². The Labute approximate surface area is 159 Å². The first-order valence-electron chi connectivity index (χ1n) is 8.16. The molecule has 0 aromatic carbocycles. The Morgan fingerprint density at radius 3 is 2.35 bits per heavy atom. The fourth-order valence-electron chi connectivity index (χ4n) is 2.64. The minimum absolute atomic E-state index is 0. The molecule has 23 heavy (non-hydrogen) atoms. The summed E-state index contributed by atoms with van der Waals surface area (Å²) in [6.07, 6.45) is 3.50. The largest absolute Gasteiger partial charge is 0.356 e. The zero-order valence-electron chi connectivity index (χ0n) is 15.5. The lowest BCUT2D eigenvalue weighted by Gasteiger charge is -2.39. The Balaban J connectivity index is 0.00000484. The van der Waals surface area contributed by atoms with Crippen LogP contribution in [0.5, 0.6) is 0 Å². The first kappa shape index (κ1) is 22.9. The number of hydrogen-bond donors (Lipinski definition) is 1. The van der Waals surface area contributed by atoms with Crippen LogP contribution >= 0.6 is 24.0 Å². The average Bonchev–Trinajstić information content (AvgIpc) is 2.36. The van der Waals surface area contributed by atoms with Crippen LogP contribution in [0.2, 0.25) is 0 Å². The van der Waals surface area contributed by atoms with Crippen LogP contribution < -0.4 is 5.32 Å². The molecule has 0 aromatic heterocycles. The average molecular weight is 459 g/mol. The molecular formula is C16H34IN3O2S. The van der Waals surface area contributed by atoms with E-state index in [2.05, 4.69) is 36.0 Å². The molecule has 5 nitrogen and oxygen atoms in total. The summed E-state index contributed by atoms with van der Waals surface area (Å²) in [7, 11) is -1.25. The van der Waals surface area contributed by atoms with Gasteiger partial charge in [-0.2, -0.15) is 0 Å². The van der Waals surface area contributed by atoms with Crippen molar-refractivity contribution in [1.29, 1.82) is 0 Å². The molecule has 1 rings (SSSR count). The zero-order valence-corrected chi connectivity index (χ0v) is 18.6. The monoisotopic (exact) mass is 459 g/mol. The summed E-state index contributed by atoms with van der Waals surface area (Å²) in [6.45, 7) is 12.3. The first-order valence-corrected chi connectivity index (χ1v) is 9.82. The molecule has 138 valence electrons. The highest BCUT2D eigenvalue weighted by molar-refractivity contribution is 14.0. The highest BCUT2D eigenvalue weighted by atomic mass is 127. The molecule has 0 spiro atoms. The van der Waals surface area contributed by atoms with Crippen molar-refractivity contribution in [1.82, 2.24) is 10.2 Å². The maximum Gasteiger partial charge on any atom is 0.193 e. The second-order valence-electron chi connectivity index (χ2n) is 7.99. The van der Waals surface area contributed by atoms with Gasteiger partial charge in [-0.3, -0.25) is 4.99 Å². The van der Waals surface area contributed by atoms with Gasteiger partial charge in [0.15, 0.2) is 15.8 Å². The van der Waals surface area contributed by atoms with Gasteiger partial charge in [0.2, 0.25) is 0 Å². The third-order valence-corrected chi connectivity index (χ3v) is 6.72. The van der Waals surface area contributed by atoms with E-state index in [1.165, 1.54) is 12.8 Å². The minimum Gasteiger partial charge on any atom is -0.356 e. The molecule has 0 atom stereocenters. The van der Waals surface area contributed by atoms with Crippen molar-refractivity contribution in [2.45, 2.75) is 58.6 Å². The summed E-state index contributed by atoms with van der Waals surface area (Å²) in [5, 5.41) is 3.37. The molecule has 1 heterocycles. The van der Waals surface area contributed by atoms with Gasteiger partial charge < -0.3 is 10.2 Å². The number of unbranched alkanes of at least 4 members (excludes halogenated alkanes) is 1. The molecule has 0 radical (unpaired) electrons. The summed E-state index contributed by atoms with van der Waals surface area (Å²) >= 11 is 0. The van der Waals surface area contributed by atoms with Gasteiger partial charge in [-0.05, 0) is 32.1 Å². The quantitative estimate of drug-likeness (QED) is 0.304. The molecule has 1 fully saturated rings. The van der Waals surface area contributed by atoms with E-state index in [1.807, 2.05) is 0 Å². The number of nitrogens with one attached hydrogen (secondary N) is 1. The van der Waals surface area contributed by atoms with Crippen molar-refractivity contribution in [3.05, 3.63) is 0 Å². The second kappa shape index (κ2) is 8.87. The van der Waals surface area contributed by atoms with Crippen LogP contribution in [0.3, 0.4) is 0 Å². The van der Waals surface area contributed by atoms with Gasteiger partial charge in [0.1, 0.15) is 0 Å². The summed E-state index contributed by atoms with van der Waals surface area (Å²) in [5.74, 6) is 1.02. The van der Waals surface area contributed by atoms with Crippen LogP contribution in [0.25, 0.3) is 0 Å². The van der Waals surface area contributed by atoms with E-state index >= 15 is 0 Å². The fourth-order valence-corrected chi connectivity index (χ4v) is 4.00. The summed E-state index contributed by atoms with van der Waals surface area (Å²) < 4.78 is 23.4. The van der Waals surface area contributed by atoms with Crippen molar-refractivity contribution in [3.8, 4) is 0 Å².